The number of aromatic nitrogens is 1. The number of carbonyl (C=O) groups excluding carboxylic acids is 1. The van der Waals surface area contributed by atoms with Crippen LogP contribution in [0, 0.1) is 6.92 Å². The topological polar surface area (TPSA) is 62.6 Å². The quantitative estimate of drug-likeness (QED) is 0.628. The van der Waals surface area contributed by atoms with E-state index in [0.717, 1.165) is 29.4 Å². The summed E-state index contributed by atoms with van der Waals surface area (Å²) in [6.45, 7) is 6.28. The maximum absolute atomic E-state index is 13.2. The van der Waals surface area contributed by atoms with Crippen molar-refractivity contribution in [3.63, 3.8) is 0 Å². The lowest BCUT2D eigenvalue weighted by atomic mass is 10.1. The number of benzene rings is 2. The molecule has 7 heteroatoms. The Morgan fingerprint density at radius 3 is 2.30 bits per heavy atom. The van der Waals surface area contributed by atoms with Gasteiger partial charge in [0.15, 0.2) is 0 Å². The van der Waals surface area contributed by atoms with E-state index in [9.17, 15) is 13.2 Å². The van der Waals surface area contributed by atoms with Crippen molar-refractivity contribution in [1.29, 1.82) is 0 Å². The number of aryl methyl sites for hydroxylation is 2. The molecule has 6 nitrogen and oxygen atoms in total. The molecule has 0 bridgehead atoms. The number of hydrogen-bond donors (Lipinski definition) is 0. The molecule has 1 saturated heterocycles. The minimum absolute atomic E-state index is 0.0339. The van der Waals surface area contributed by atoms with Gasteiger partial charge in [-0.15, -0.1) is 0 Å². The van der Waals surface area contributed by atoms with Crippen molar-refractivity contribution in [2.75, 3.05) is 26.2 Å². The van der Waals surface area contributed by atoms with Crippen LogP contribution in [0.25, 0.3) is 10.9 Å². The number of rotatable bonds is 5. The van der Waals surface area contributed by atoms with Crippen LogP contribution in [0.2, 0.25) is 0 Å². The lowest BCUT2D eigenvalue weighted by Crippen LogP contribution is -2.50. The van der Waals surface area contributed by atoms with Gasteiger partial charge in [0.05, 0.1) is 10.5 Å². The molecule has 4 rings (SSSR count). The molecule has 2 heterocycles. The van der Waals surface area contributed by atoms with Crippen molar-refractivity contribution >= 4 is 26.8 Å². The Kier molecular flexibility index (Phi) is 5.66. The van der Waals surface area contributed by atoms with E-state index in [4.69, 9.17) is 0 Å². The van der Waals surface area contributed by atoms with Crippen molar-refractivity contribution in [1.82, 2.24) is 13.8 Å². The van der Waals surface area contributed by atoms with Crippen molar-refractivity contribution in [3.05, 3.63) is 65.9 Å². The number of sulfonamides is 1. The van der Waals surface area contributed by atoms with E-state index in [-0.39, 0.29) is 5.91 Å². The summed E-state index contributed by atoms with van der Waals surface area (Å²) in [5.74, 6) is -0.0339. The Morgan fingerprint density at radius 2 is 1.63 bits per heavy atom. The van der Waals surface area contributed by atoms with Gasteiger partial charge in [-0.1, -0.05) is 42.8 Å². The van der Waals surface area contributed by atoms with Crippen molar-refractivity contribution in [3.8, 4) is 0 Å². The number of hydrogen-bond acceptors (Lipinski definition) is 3. The lowest BCUT2D eigenvalue weighted by Gasteiger charge is -2.34. The summed E-state index contributed by atoms with van der Waals surface area (Å²) >= 11 is 0. The van der Waals surface area contributed by atoms with Gasteiger partial charge in [0.25, 0.3) is 5.91 Å². The Hall–Kier alpha value is -2.64. The van der Waals surface area contributed by atoms with Gasteiger partial charge in [-0.05, 0) is 31.5 Å². The zero-order valence-corrected chi connectivity index (χ0v) is 18.2. The van der Waals surface area contributed by atoms with Crippen LogP contribution in [0.1, 0.15) is 29.3 Å². The summed E-state index contributed by atoms with van der Waals surface area (Å²) in [6, 6.07) is 14.8. The SMILES string of the molecule is CCCn1cc(C(=O)N2CCN(S(=O)(=O)c3ccc(C)cc3)CC2)c2ccccc21. The summed E-state index contributed by atoms with van der Waals surface area (Å²) in [5, 5.41) is 0.950. The van der Waals surface area contributed by atoms with Crippen LogP contribution in [0.5, 0.6) is 0 Å². The van der Waals surface area contributed by atoms with E-state index in [1.165, 1.54) is 4.31 Å². The molecule has 1 fully saturated rings. The summed E-state index contributed by atoms with van der Waals surface area (Å²) in [4.78, 5) is 15.3. The largest absolute Gasteiger partial charge is 0.347 e. The summed E-state index contributed by atoms with van der Waals surface area (Å²) in [7, 11) is -3.54. The Labute approximate surface area is 177 Å². The van der Waals surface area contributed by atoms with Crippen LogP contribution >= 0.6 is 0 Å². The van der Waals surface area contributed by atoms with Gasteiger partial charge < -0.3 is 9.47 Å². The van der Waals surface area contributed by atoms with Gasteiger partial charge in [0, 0.05) is 49.8 Å². The molecule has 0 N–H and O–H groups in total. The van der Waals surface area contributed by atoms with Gasteiger partial charge in [-0.2, -0.15) is 4.31 Å². The van der Waals surface area contributed by atoms with Gasteiger partial charge in [-0.25, -0.2) is 8.42 Å². The first-order valence-corrected chi connectivity index (χ1v) is 11.8. The Balaban J connectivity index is 1.51. The first-order chi connectivity index (χ1) is 14.4. The molecule has 3 aromatic rings. The molecule has 2 aromatic carbocycles. The molecule has 158 valence electrons. The molecule has 1 aliphatic heterocycles. The third-order valence-corrected chi connectivity index (χ3v) is 7.58. The van der Waals surface area contributed by atoms with Crippen LogP contribution in [-0.2, 0) is 16.6 Å². The molecule has 1 amide bonds. The Morgan fingerprint density at radius 1 is 0.967 bits per heavy atom. The normalized spacial score (nSPS) is 15.6. The second-order valence-electron chi connectivity index (χ2n) is 7.76. The van der Waals surface area contributed by atoms with E-state index < -0.39 is 10.0 Å². The predicted octanol–water partition coefficient (Wildman–Crippen LogP) is 3.51. The fourth-order valence-electron chi connectivity index (χ4n) is 4.00. The average molecular weight is 426 g/mol. The fraction of sp³-hybridized carbons (Fsp3) is 0.348. The van der Waals surface area contributed by atoms with E-state index in [0.29, 0.717) is 36.6 Å². The van der Waals surface area contributed by atoms with Gasteiger partial charge >= 0.3 is 0 Å². The van der Waals surface area contributed by atoms with Crippen LogP contribution < -0.4 is 0 Å². The number of amides is 1. The highest BCUT2D eigenvalue weighted by atomic mass is 32.2. The van der Waals surface area contributed by atoms with E-state index in [1.54, 1.807) is 29.2 Å². The van der Waals surface area contributed by atoms with E-state index >= 15 is 0 Å². The molecule has 0 saturated carbocycles. The average Bonchev–Trinajstić information content (AvgIpc) is 3.13. The van der Waals surface area contributed by atoms with Gasteiger partial charge in [-0.3, -0.25) is 4.79 Å². The second kappa shape index (κ2) is 8.24. The molecular formula is C23H27N3O3S. The first-order valence-electron chi connectivity index (χ1n) is 10.4. The number of piperazine rings is 1. The second-order valence-corrected chi connectivity index (χ2v) is 9.70. The highest BCUT2D eigenvalue weighted by molar-refractivity contribution is 7.89. The lowest BCUT2D eigenvalue weighted by molar-refractivity contribution is 0.0699. The minimum Gasteiger partial charge on any atom is -0.347 e. The minimum atomic E-state index is -3.54. The maximum Gasteiger partial charge on any atom is 0.256 e. The zero-order chi connectivity index (χ0) is 21.3. The molecule has 0 atom stereocenters. The van der Waals surface area contributed by atoms with Crippen molar-refractivity contribution in [2.45, 2.75) is 31.7 Å². The summed E-state index contributed by atoms with van der Waals surface area (Å²) in [5.41, 5.74) is 2.77. The smallest absolute Gasteiger partial charge is 0.256 e. The molecule has 1 aliphatic rings. The van der Waals surface area contributed by atoms with Crippen LogP contribution in [0.15, 0.2) is 59.6 Å². The van der Waals surface area contributed by atoms with Crippen LogP contribution in [0.4, 0.5) is 0 Å². The zero-order valence-electron chi connectivity index (χ0n) is 17.4. The molecule has 0 radical (unpaired) electrons. The predicted molar refractivity (Wildman–Crippen MR) is 118 cm³/mol. The number of para-hydroxylation sites is 1. The number of carbonyl (C=O) groups is 1. The molecule has 0 spiro atoms. The van der Waals surface area contributed by atoms with Crippen LogP contribution in [-0.4, -0.2) is 54.3 Å². The van der Waals surface area contributed by atoms with Gasteiger partial charge in [0.2, 0.25) is 10.0 Å². The fourth-order valence-corrected chi connectivity index (χ4v) is 5.43. The highest BCUT2D eigenvalue weighted by Crippen LogP contribution is 2.24. The monoisotopic (exact) mass is 425 g/mol. The van der Waals surface area contributed by atoms with Crippen molar-refractivity contribution in [2.24, 2.45) is 0 Å². The van der Waals surface area contributed by atoms with Crippen LogP contribution in [0.3, 0.4) is 0 Å². The molecular weight excluding hydrogens is 398 g/mol. The van der Waals surface area contributed by atoms with E-state index in [2.05, 4.69) is 11.5 Å². The molecule has 0 unspecified atom stereocenters. The third-order valence-electron chi connectivity index (χ3n) is 5.67. The summed E-state index contributed by atoms with van der Waals surface area (Å²) < 4.78 is 29.4. The van der Waals surface area contributed by atoms with Crippen molar-refractivity contribution < 1.29 is 13.2 Å². The van der Waals surface area contributed by atoms with E-state index in [1.807, 2.05) is 37.4 Å². The first kappa shape index (κ1) is 20.6. The third kappa shape index (κ3) is 3.75. The molecule has 1 aromatic heterocycles. The standard InChI is InChI=1S/C23H27N3O3S/c1-3-12-25-17-21(20-6-4-5-7-22(20)25)23(27)24-13-15-26(16-14-24)30(28,29)19-10-8-18(2)9-11-19/h4-11,17H,3,12-16H2,1-2H3. The maximum atomic E-state index is 13.2. The number of fused-ring (bicyclic) bond motifs is 1. The summed E-state index contributed by atoms with van der Waals surface area (Å²) in [6.07, 6.45) is 2.92. The highest BCUT2D eigenvalue weighted by Gasteiger charge is 2.31. The van der Waals surface area contributed by atoms with Gasteiger partial charge in [0.1, 0.15) is 0 Å². The Bertz CT molecular complexity index is 1160. The molecule has 0 aliphatic carbocycles. The molecule has 30 heavy (non-hydrogen) atoms. The number of nitrogens with zero attached hydrogens (tertiary/aromatic N) is 3.